The number of carbonyl (C=O) groups excluding carboxylic acids is 2. The molecule has 0 aromatic carbocycles. The Hall–Kier alpha value is -1.85. The second-order valence-corrected chi connectivity index (χ2v) is 3.21. The van der Waals surface area contributed by atoms with E-state index in [9.17, 15) is 9.59 Å². The lowest BCUT2D eigenvalue weighted by Crippen LogP contribution is -2.30. The van der Waals surface area contributed by atoms with E-state index in [2.05, 4.69) is 10.3 Å². The molecule has 80 valence electrons. The SMILES string of the molecule is CCc1cnc(CN2C(=O)CNC2=O)o1. The van der Waals surface area contributed by atoms with Crippen molar-refractivity contribution in [2.75, 3.05) is 6.54 Å². The molecular formula is C9H11N3O3. The van der Waals surface area contributed by atoms with Crippen molar-refractivity contribution >= 4 is 11.9 Å². The maximum atomic E-state index is 11.2. The number of oxazole rings is 1. The topological polar surface area (TPSA) is 75.4 Å². The van der Waals surface area contributed by atoms with E-state index in [1.54, 1.807) is 6.20 Å². The first-order valence-corrected chi connectivity index (χ1v) is 4.72. The van der Waals surface area contributed by atoms with Crippen LogP contribution in [0.2, 0.25) is 0 Å². The van der Waals surface area contributed by atoms with Gasteiger partial charge in [-0.3, -0.25) is 9.69 Å². The number of rotatable bonds is 3. The first-order valence-electron chi connectivity index (χ1n) is 4.72. The Morgan fingerprint density at radius 3 is 2.93 bits per heavy atom. The highest BCUT2D eigenvalue weighted by molar-refractivity contribution is 6.01. The van der Waals surface area contributed by atoms with Crippen molar-refractivity contribution in [3.8, 4) is 0 Å². The fraction of sp³-hybridized carbons (Fsp3) is 0.444. The summed E-state index contributed by atoms with van der Waals surface area (Å²) in [6, 6.07) is -0.392. The summed E-state index contributed by atoms with van der Waals surface area (Å²) in [4.78, 5) is 27.5. The standard InChI is InChI=1S/C9H11N3O3/c1-2-6-3-10-7(15-6)5-12-8(13)4-11-9(12)14/h3H,2,4-5H2,1H3,(H,11,14). The molecule has 1 fully saturated rings. The molecule has 6 nitrogen and oxygen atoms in total. The van der Waals surface area contributed by atoms with Crippen LogP contribution in [0.15, 0.2) is 10.6 Å². The highest BCUT2D eigenvalue weighted by atomic mass is 16.4. The number of hydrogen-bond acceptors (Lipinski definition) is 4. The van der Waals surface area contributed by atoms with Gasteiger partial charge in [0, 0.05) is 6.42 Å². The van der Waals surface area contributed by atoms with Crippen molar-refractivity contribution in [2.24, 2.45) is 0 Å². The number of urea groups is 1. The van der Waals surface area contributed by atoms with Crippen LogP contribution in [0.3, 0.4) is 0 Å². The average Bonchev–Trinajstić information content (AvgIpc) is 2.80. The minimum absolute atomic E-state index is 0.0557. The summed E-state index contributed by atoms with van der Waals surface area (Å²) >= 11 is 0. The van der Waals surface area contributed by atoms with Gasteiger partial charge in [0.1, 0.15) is 12.3 Å². The number of imide groups is 1. The number of nitrogens with one attached hydrogen (secondary N) is 1. The maximum Gasteiger partial charge on any atom is 0.325 e. The summed E-state index contributed by atoms with van der Waals surface area (Å²) in [5.74, 6) is 0.880. The van der Waals surface area contributed by atoms with E-state index in [4.69, 9.17) is 4.42 Å². The molecule has 0 unspecified atom stereocenters. The Labute approximate surface area is 86.3 Å². The van der Waals surface area contributed by atoms with Gasteiger partial charge in [-0.25, -0.2) is 9.78 Å². The number of nitrogens with zero attached hydrogens (tertiary/aromatic N) is 2. The van der Waals surface area contributed by atoms with Gasteiger partial charge in [-0.1, -0.05) is 6.92 Å². The Kier molecular flexibility index (Phi) is 2.40. The van der Waals surface area contributed by atoms with Crippen molar-refractivity contribution in [2.45, 2.75) is 19.9 Å². The summed E-state index contributed by atoms with van der Waals surface area (Å²) in [6.45, 7) is 2.10. The first kappa shape index (κ1) is 9.70. The number of aromatic nitrogens is 1. The quantitative estimate of drug-likeness (QED) is 0.726. The molecule has 2 heterocycles. The fourth-order valence-corrected chi connectivity index (χ4v) is 1.34. The smallest absolute Gasteiger partial charge is 0.325 e. The second-order valence-electron chi connectivity index (χ2n) is 3.21. The third-order valence-corrected chi connectivity index (χ3v) is 2.18. The molecule has 6 heteroatoms. The third kappa shape index (κ3) is 1.83. The van der Waals surface area contributed by atoms with E-state index in [1.165, 1.54) is 0 Å². The van der Waals surface area contributed by atoms with Gasteiger partial charge in [0.05, 0.1) is 12.7 Å². The Bertz CT molecular complexity index is 383. The van der Waals surface area contributed by atoms with E-state index in [0.29, 0.717) is 5.89 Å². The van der Waals surface area contributed by atoms with Crippen molar-refractivity contribution in [3.63, 3.8) is 0 Å². The Morgan fingerprint density at radius 1 is 1.60 bits per heavy atom. The van der Waals surface area contributed by atoms with Crippen LogP contribution >= 0.6 is 0 Å². The molecule has 0 radical (unpaired) electrons. The molecule has 0 bridgehead atoms. The van der Waals surface area contributed by atoms with Crippen LogP contribution in [0.1, 0.15) is 18.6 Å². The largest absolute Gasteiger partial charge is 0.444 e. The van der Waals surface area contributed by atoms with Gasteiger partial charge < -0.3 is 9.73 Å². The van der Waals surface area contributed by atoms with Crippen molar-refractivity contribution in [1.82, 2.24) is 15.2 Å². The van der Waals surface area contributed by atoms with Crippen LogP contribution in [0.4, 0.5) is 4.79 Å². The number of amides is 3. The van der Waals surface area contributed by atoms with Gasteiger partial charge in [0.2, 0.25) is 5.89 Å². The van der Waals surface area contributed by atoms with Gasteiger partial charge in [-0.2, -0.15) is 0 Å². The monoisotopic (exact) mass is 209 g/mol. The molecule has 0 atom stereocenters. The van der Waals surface area contributed by atoms with Gasteiger partial charge >= 0.3 is 6.03 Å². The van der Waals surface area contributed by atoms with Crippen LogP contribution in [0, 0.1) is 0 Å². The highest BCUT2D eigenvalue weighted by Gasteiger charge is 2.29. The average molecular weight is 209 g/mol. The van der Waals surface area contributed by atoms with E-state index < -0.39 is 6.03 Å². The number of aryl methyl sites for hydroxylation is 1. The molecule has 2 rings (SSSR count). The van der Waals surface area contributed by atoms with Gasteiger partial charge in [0.15, 0.2) is 0 Å². The maximum absolute atomic E-state index is 11.2. The van der Waals surface area contributed by atoms with Gasteiger partial charge in [0.25, 0.3) is 5.91 Å². The number of hydrogen-bond donors (Lipinski definition) is 1. The predicted octanol–water partition coefficient (Wildman–Crippen LogP) is 0.289. The van der Waals surface area contributed by atoms with E-state index in [0.717, 1.165) is 17.1 Å². The zero-order valence-electron chi connectivity index (χ0n) is 8.32. The Morgan fingerprint density at radius 2 is 2.40 bits per heavy atom. The minimum atomic E-state index is -0.392. The normalized spacial score (nSPS) is 15.9. The predicted molar refractivity (Wildman–Crippen MR) is 49.8 cm³/mol. The molecule has 1 aliphatic rings. The summed E-state index contributed by atoms with van der Waals surface area (Å²) in [6.07, 6.45) is 2.35. The molecule has 0 saturated carbocycles. The zero-order valence-corrected chi connectivity index (χ0v) is 8.32. The van der Waals surface area contributed by atoms with Crippen LogP contribution in [0.25, 0.3) is 0 Å². The molecule has 0 aliphatic carbocycles. The molecule has 15 heavy (non-hydrogen) atoms. The van der Waals surface area contributed by atoms with Crippen LogP contribution < -0.4 is 5.32 Å². The van der Waals surface area contributed by atoms with Crippen molar-refractivity contribution in [3.05, 3.63) is 17.8 Å². The summed E-state index contributed by atoms with van der Waals surface area (Å²) in [5, 5.41) is 2.43. The van der Waals surface area contributed by atoms with Crippen molar-refractivity contribution in [1.29, 1.82) is 0 Å². The zero-order chi connectivity index (χ0) is 10.8. The van der Waals surface area contributed by atoms with E-state index in [-0.39, 0.29) is 19.0 Å². The lowest BCUT2D eigenvalue weighted by molar-refractivity contribution is -0.125. The molecule has 1 N–H and O–H groups in total. The lowest BCUT2D eigenvalue weighted by atomic mass is 10.4. The third-order valence-electron chi connectivity index (χ3n) is 2.18. The highest BCUT2D eigenvalue weighted by Crippen LogP contribution is 2.09. The Balaban J connectivity index is 2.07. The summed E-state index contributed by atoms with van der Waals surface area (Å²) in [5.41, 5.74) is 0. The van der Waals surface area contributed by atoms with Crippen LogP contribution in [-0.4, -0.2) is 28.4 Å². The minimum Gasteiger partial charge on any atom is -0.444 e. The van der Waals surface area contributed by atoms with Gasteiger partial charge in [-0.05, 0) is 0 Å². The molecular weight excluding hydrogens is 198 g/mol. The van der Waals surface area contributed by atoms with E-state index in [1.807, 2.05) is 6.92 Å². The molecule has 0 spiro atoms. The van der Waals surface area contributed by atoms with Crippen LogP contribution in [-0.2, 0) is 17.8 Å². The first-order chi connectivity index (χ1) is 7.20. The molecule has 1 aromatic rings. The lowest BCUT2D eigenvalue weighted by Gasteiger charge is -2.08. The molecule has 1 aromatic heterocycles. The summed E-state index contributed by atoms with van der Waals surface area (Å²) < 4.78 is 5.31. The molecule has 1 aliphatic heterocycles. The van der Waals surface area contributed by atoms with Crippen LogP contribution in [0.5, 0.6) is 0 Å². The van der Waals surface area contributed by atoms with Gasteiger partial charge in [-0.15, -0.1) is 0 Å². The number of carbonyl (C=O) groups is 2. The van der Waals surface area contributed by atoms with Crippen molar-refractivity contribution < 1.29 is 14.0 Å². The van der Waals surface area contributed by atoms with E-state index >= 15 is 0 Å². The fourth-order valence-electron chi connectivity index (χ4n) is 1.34. The summed E-state index contributed by atoms with van der Waals surface area (Å²) in [7, 11) is 0. The molecule has 1 saturated heterocycles. The molecule has 3 amide bonds. The second kappa shape index (κ2) is 3.72.